The van der Waals surface area contributed by atoms with Crippen LogP contribution in [0.2, 0.25) is 0 Å². The Bertz CT molecular complexity index is 1480. The lowest BCUT2D eigenvalue weighted by Gasteiger charge is -2.32. The molecule has 1 saturated carbocycles. The molecule has 0 spiro atoms. The van der Waals surface area contributed by atoms with Gasteiger partial charge < -0.3 is 4.74 Å². The largest absolute Gasteiger partial charge is 0.386 e. The lowest BCUT2D eigenvalue weighted by atomic mass is 9.80. The van der Waals surface area contributed by atoms with Gasteiger partial charge in [-0.3, -0.25) is 4.99 Å². The van der Waals surface area contributed by atoms with Crippen LogP contribution < -0.4 is 0 Å². The maximum atomic E-state index is 15.2. The van der Waals surface area contributed by atoms with Crippen molar-refractivity contribution in [1.82, 2.24) is 0 Å². The number of nitrogens with zero attached hydrogens (tertiary/aromatic N) is 1. The van der Waals surface area contributed by atoms with Crippen molar-refractivity contribution in [3.05, 3.63) is 94.3 Å². The van der Waals surface area contributed by atoms with E-state index in [9.17, 15) is 17.6 Å². The van der Waals surface area contributed by atoms with Crippen LogP contribution >= 0.6 is 0 Å². The summed E-state index contributed by atoms with van der Waals surface area (Å²) in [6.07, 6.45) is 1.75. The van der Waals surface area contributed by atoms with Crippen molar-refractivity contribution in [3.8, 4) is 11.1 Å². The van der Waals surface area contributed by atoms with Gasteiger partial charge in [-0.2, -0.15) is 8.78 Å². The van der Waals surface area contributed by atoms with E-state index in [1.54, 1.807) is 6.07 Å². The molecule has 0 N–H and O–H groups in total. The zero-order chi connectivity index (χ0) is 30.9. The Hall–Kier alpha value is -3.20. The lowest BCUT2D eigenvalue weighted by molar-refractivity contribution is -0.278. The molecule has 2 aliphatic rings. The molecular weight excluding hydrogens is 571 g/mol. The Morgan fingerprint density at radius 2 is 1.53 bits per heavy atom. The number of aliphatic imine (C=N–C) groups is 1. The van der Waals surface area contributed by atoms with Crippen LogP contribution in [0, 0.1) is 35.0 Å². The summed E-state index contributed by atoms with van der Waals surface area (Å²) in [6.45, 7) is 4.08. The molecule has 0 amide bonds. The SMILES string of the molecule is CCC[C@]1(c2ccc(C(F)(F)OC3CCC(c4ccc(-c5cc(F)c(F)c(F)c5)c(F)c4)CC3)c(F)c2)CC(CC)C=N1. The first-order valence-corrected chi connectivity index (χ1v) is 14.8. The lowest BCUT2D eigenvalue weighted by Crippen LogP contribution is -2.30. The van der Waals surface area contributed by atoms with E-state index in [4.69, 9.17) is 9.73 Å². The van der Waals surface area contributed by atoms with Gasteiger partial charge in [-0.05, 0) is 104 Å². The number of ether oxygens (including phenoxy) is 1. The molecule has 0 saturated heterocycles. The van der Waals surface area contributed by atoms with Crippen molar-refractivity contribution in [1.29, 1.82) is 0 Å². The molecule has 0 aromatic heterocycles. The highest BCUT2D eigenvalue weighted by Crippen LogP contribution is 2.44. The van der Waals surface area contributed by atoms with E-state index in [-0.39, 0.29) is 35.8 Å². The van der Waals surface area contributed by atoms with Crippen molar-refractivity contribution in [2.45, 2.75) is 88.9 Å². The van der Waals surface area contributed by atoms with E-state index < -0.39 is 52.4 Å². The van der Waals surface area contributed by atoms with Crippen LogP contribution in [0.4, 0.5) is 30.7 Å². The van der Waals surface area contributed by atoms with Gasteiger partial charge in [0.15, 0.2) is 17.5 Å². The Balaban J connectivity index is 1.24. The Morgan fingerprint density at radius 3 is 2.12 bits per heavy atom. The van der Waals surface area contributed by atoms with E-state index >= 15 is 13.2 Å². The number of halogens is 7. The maximum Gasteiger partial charge on any atom is 0.386 e. The summed E-state index contributed by atoms with van der Waals surface area (Å²) in [5.41, 5.74) is -0.445. The summed E-state index contributed by atoms with van der Waals surface area (Å²) in [5, 5.41) is 0. The van der Waals surface area contributed by atoms with Crippen molar-refractivity contribution < 1.29 is 35.5 Å². The molecule has 0 radical (unpaired) electrons. The minimum absolute atomic E-state index is 0.0863. The van der Waals surface area contributed by atoms with E-state index in [0.717, 1.165) is 37.5 Å². The van der Waals surface area contributed by atoms with Gasteiger partial charge in [0.25, 0.3) is 0 Å². The average molecular weight is 606 g/mol. The molecule has 2 nitrogen and oxygen atoms in total. The summed E-state index contributed by atoms with van der Waals surface area (Å²) < 4.78 is 106. The molecule has 43 heavy (non-hydrogen) atoms. The molecule has 3 aromatic rings. The van der Waals surface area contributed by atoms with Crippen molar-refractivity contribution >= 4 is 6.21 Å². The van der Waals surface area contributed by atoms with Gasteiger partial charge in [-0.1, -0.05) is 38.5 Å². The first kappa shape index (κ1) is 31.2. The summed E-state index contributed by atoms with van der Waals surface area (Å²) in [4.78, 5) is 4.70. The van der Waals surface area contributed by atoms with Gasteiger partial charge in [0, 0.05) is 11.8 Å². The molecule has 1 aliphatic heterocycles. The summed E-state index contributed by atoms with van der Waals surface area (Å²) in [5.74, 6) is -6.11. The van der Waals surface area contributed by atoms with Crippen LogP contribution in [0.15, 0.2) is 53.5 Å². The van der Waals surface area contributed by atoms with Gasteiger partial charge >= 0.3 is 6.11 Å². The molecule has 1 unspecified atom stereocenters. The fourth-order valence-electron chi connectivity index (χ4n) is 6.51. The number of benzene rings is 3. The molecule has 230 valence electrons. The second kappa shape index (κ2) is 12.4. The third-order valence-corrected chi connectivity index (χ3v) is 8.89. The van der Waals surface area contributed by atoms with Crippen LogP contribution in [-0.2, 0) is 16.4 Å². The van der Waals surface area contributed by atoms with Crippen LogP contribution in [0.25, 0.3) is 11.1 Å². The van der Waals surface area contributed by atoms with Crippen LogP contribution in [-0.4, -0.2) is 12.3 Å². The number of alkyl halides is 2. The monoisotopic (exact) mass is 605 g/mol. The van der Waals surface area contributed by atoms with Crippen LogP contribution in [0.5, 0.6) is 0 Å². The summed E-state index contributed by atoms with van der Waals surface area (Å²) in [7, 11) is 0. The Labute approximate surface area is 247 Å². The van der Waals surface area contributed by atoms with Crippen molar-refractivity contribution in [2.75, 3.05) is 0 Å². The molecular formula is C34H34F7NO. The topological polar surface area (TPSA) is 21.6 Å². The predicted molar refractivity (Wildman–Crippen MR) is 152 cm³/mol. The first-order chi connectivity index (χ1) is 20.5. The van der Waals surface area contributed by atoms with Crippen LogP contribution in [0.3, 0.4) is 0 Å². The molecule has 1 heterocycles. The van der Waals surface area contributed by atoms with E-state index in [0.29, 0.717) is 30.4 Å². The highest BCUT2D eigenvalue weighted by atomic mass is 19.3. The second-order valence-corrected chi connectivity index (χ2v) is 11.7. The third-order valence-electron chi connectivity index (χ3n) is 8.89. The van der Waals surface area contributed by atoms with E-state index in [1.165, 1.54) is 24.3 Å². The number of hydrogen-bond donors (Lipinski definition) is 0. The van der Waals surface area contributed by atoms with Crippen molar-refractivity contribution in [3.63, 3.8) is 0 Å². The number of rotatable bonds is 9. The van der Waals surface area contributed by atoms with Crippen LogP contribution in [0.1, 0.15) is 87.8 Å². The molecule has 9 heteroatoms. The zero-order valence-electron chi connectivity index (χ0n) is 24.1. The highest BCUT2D eigenvalue weighted by molar-refractivity contribution is 5.66. The summed E-state index contributed by atoms with van der Waals surface area (Å²) in [6, 6.07) is 9.47. The first-order valence-electron chi connectivity index (χ1n) is 14.8. The minimum Gasteiger partial charge on any atom is -0.313 e. The third kappa shape index (κ3) is 6.37. The Morgan fingerprint density at radius 1 is 0.837 bits per heavy atom. The molecule has 0 bridgehead atoms. The highest BCUT2D eigenvalue weighted by Gasteiger charge is 2.42. The second-order valence-electron chi connectivity index (χ2n) is 11.7. The number of hydrogen-bond acceptors (Lipinski definition) is 2. The van der Waals surface area contributed by atoms with Gasteiger partial charge in [0.2, 0.25) is 0 Å². The predicted octanol–water partition coefficient (Wildman–Crippen LogP) is 10.3. The molecule has 5 rings (SSSR count). The molecule has 3 aromatic carbocycles. The Kier molecular flexibility index (Phi) is 9.02. The molecule has 1 aliphatic carbocycles. The zero-order valence-corrected chi connectivity index (χ0v) is 24.1. The molecule has 1 fully saturated rings. The van der Waals surface area contributed by atoms with Gasteiger partial charge in [0.05, 0.1) is 17.2 Å². The smallest absolute Gasteiger partial charge is 0.313 e. The van der Waals surface area contributed by atoms with E-state index in [2.05, 4.69) is 6.92 Å². The fraction of sp³-hybridized carbons (Fsp3) is 0.441. The minimum atomic E-state index is -3.84. The standard InChI is InChI=1S/C34H34F7NO/c1-3-13-33(18-20(4-2)19-42-33)24-8-12-27(29(36)17-24)34(40,41)43-25-9-5-21(6-10-25)22-7-11-26(28(35)14-22)23-15-30(37)32(39)31(38)16-23/h7-8,11-12,14-17,19-21,25H,3-6,9-10,13,18H2,1-2H3/t20?,21?,25?,33-/m1/s1. The average Bonchev–Trinajstić information content (AvgIpc) is 3.40. The normalized spacial score (nSPS) is 24.1. The van der Waals surface area contributed by atoms with Gasteiger partial charge in [-0.25, -0.2) is 22.0 Å². The maximum absolute atomic E-state index is 15.2. The molecule has 2 atom stereocenters. The summed E-state index contributed by atoms with van der Waals surface area (Å²) >= 11 is 0. The fourth-order valence-corrected chi connectivity index (χ4v) is 6.51. The van der Waals surface area contributed by atoms with E-state index in [1.807, 2.05) is 13.1 Å². The van der Waals surface area contributed by atoms with Crippen molar-refractivity contribution in [2.24, 2.45) is 10.9 Å². The van der Waals surface area contributed by atoms with Gasteiger partial charge in [-0.15, -0.1) is 0 Å². The van der Waals surface area contributed by atoms with Gasteiger partial charge in [0.1, 0.15) is 11.6 Å². The quantitative estimate of drug-likeness (QED) is 0.176.